The summed E-state index contributed by atoms with van der Waals surface area (Å²) in [5.41, 5.74) is 3.05. The Bertz CT molecular complexity index is 674. The summed E-state index contributed by atoms with van der Waals surface area (Å²) in [4.78, 5) is 4.34. The number of hydrogen-bond donors (Lipinski definition) is 1. The minimum absolute atomic E-state index is 0.480. The second kappa shape index (κ2) is 5.21. The van der Waals surface area contributed by atoms with Gasteiger partial charge in [0.05, 0.1) is 11.6 Å². The van der Waals surface area contributed by atoms with E-state index in [-0.39, 0.29) is 0 Å². The van der Waals surface area contributed by atoms with Crippen molar-refractivity contribution in [1.82, 2.24) is 4.98 Å². The fourth-order valence-corrected chi connectivity index (χ4v) is 2.33. The maximum absolute atomic E-state index is 10.3. The molecule has 1 heterocycles. The SMILES string of the molecule is OC(Cc1ccnc2ccccc12)c1ccccc1. The van der Waals surface area contributed by atoms with Gasteiger partial charge in [-0.2, -0.15) is 0 Å². The zero-order valence-electron chi connectivity index (χ0n) is 10.5. The lowest BCUT2D eigenvalue weighted by atomic mass is 9.99. The quantitative estimate of drug-likeness (QED) is 0.770. The van der Waals surface area contributed by atoms with Crippen LogP contribution in [0.3, 0.4) is 0 Å². The summed E-state index contributed by atoms with van der Waals surface area (Å²) < 4.78 is 0. The fourth-order valence-electron chi connectivity index (χ4n) is 2.33. The zero-order chi connectivity index (χ0) is 13.1. The highest BCUT2D eigenvalue weighted by Crippen LogP contribution is 2.23. The topological polar surface area (TPSA) is 33.1 Å². The predicted octanol–water partition coefficient (Wildman–Crippen LogP) is 3.51. The van der Waals surface area contributed by atoms with E-state index < -0.39 is 6.10 Å². The monoisotopic (exact) mass is 249 g/mol. The van der Waals surface area contributed by atoms with Crippen molar-refractivity contribution < 1.29 is 5.11 Å². The molecule has 1 unspecified atom stereocenters. The Kier molecular flexibility index (Phi) is 3.25. The molecular formula is C17H15NO. The molecule has 2 nitrogen and oxygen atoms in total. The summed E-state index contributed by atoms with van der Waals surface area (Å²) in [6.07, 6.45) is 1.93. The molecular weight excluding hydrogens is 234 g/mol. The molecule has 1 atom stereocenters. The van der Waals surface area contributed by atoms with Crippen molar-refractivity contribution in [2.24, 2.45) is 0 Å². The number of aliphatic hydroxyl groups excluding tert-OH is 1. The van der Waals surface area contributed by atoms with Crippen LogP contribution < -0.4 is 0 Å². The number of aromatic nitrogens is 1. The van der Waals surface area contributed by atoms with E-state index >= 15 is 0 Å². The highest BCUT2D eigenvalue weighted by molar-refractivity contribution is 5.81. The molecule has 19 heavy (non-hydrogen) atoms. The number of benzene rings is 2. The number of nitrogens with zero attached hydrogens (tertiary/aromatic N) is 1. The molecule has 0 aliphatic rings. The first-order valence-electron chi connectivity index (χ1n) is 6.40. The first kappa shape index (κ1) is 11.9. The molecule has 1 aromatic heterocycles. The van der Waals surface area contributed by atoms with Gasteiger partial charge in [-0.3, -0.25) is 4.98 Å². The number of fused-ring (bicyclic) bond motifs is 1. The van der Waals surface area contributed by atoms with Crippen LogP contribution in [0.5, 0.6) is 0 Å². The van der Waals surface area contributed by atoms with Crippen molar-refractivity contribution in [2.75, 3.05) is 0 Å². The largest absolute Gasteiger partial charge is 0.388 e. The minimum Gasteiger partial charge on any atom is -0.388 e. The second-order valence-corrected chi connectivity index (χ2v) is 4.62. The molecule has 0 radical (unpaired) electrons. The third-order valence-corrected chi connectivity index (χ3v) is 3.34. The van der Waals surface area contributed by atoms with Crippen LogP contribution >= 0.6 is 0 Å². The number of aliphatic hydroxyl groups is 1. The summed E-state index contributed by atoms with van der Waals surface area (Å²) >= 11 is 0. The van der Waals surface area contributed by atoms with E-state index in [2.05, 4.69) is 11.1 Å². The standard InChI is InChI=1S/C17H15NO/c19-17(13-6-2-1-3-7-13)12-14-10-11-18-16-9-5-4-8-15(14)16/h1-11,17,19H,12H2. The molecule has 0 saturated carbocycles. The molecule has 2 aromatic carbocycles. The first-order chi connectivity index (χ1) is 9.34. The third kappa shape index (κ3) is 2.49. The van der Waals surface area contributed by atoms with Crippen LogP contribution in [0.2, 0.25) is 0 Å². The molecule has 1 N–H and O–H groups in total. The van der Waals surface area contributed by atoms with Gasteiger partial charge in [0.15, 0.2) is 0 Å². The Morgan fingerprint density at radius 2 is 1.63 bits per heavy atom. The van der Waals surface area contributed by atoms with E-state index in [1.807, 2.05) is 54.6 Å². The van der Waals surface area contributed by atoms with Gasteiger partial charge in [-0.05, 0) is 23.3 Å². The van der Waals surface area contributed by atoms with Crippen LogP contribution in [0, 0.1) is 0 Å². The van der Waals surface area contributed by atoms with E-state index in [4.69, 9.17) is 0 Å². The summed E-state index contributed by atoms with van der Waals surface area (Å²) in [5, 5.41) is 11.4. The van der Waals surface area contributed by atoms with Gasteiger partial charge in [0.25, 0.3) is 0 Å². The number of pyridine rings is 1. The Hall–Kier alpha value is -2.19. The summed E-state index contributed by atoms with van der Waals surface area (Å²) in [6, 6.07) is 19.8. The first-order valence-corrected chi connectivity index (χ1v) is 6.40. The molecule has 0 fully saturated rings. The molecule has 0 aliphatic heterocycles. The molecule has 0 aliphatic carbocycles. The third-order valence-electron chi connectivity index (χ3n) is 3.34. The molecule has 3 aromatic rings. The van der Waals surface area contributed by atoms with Gasteiger partial charge in [-0.1, -0.05) is 48.5 Å². The van der Waals surface area contributed by atoms with Crippen LogP contribution in [0.15, 0.2) is 66.9 Å². The van der Waals surface area contributed by atoms with E-state index in [0.29, 0.717) is 6.42 Å². The zero-order valence-corrected chi connectivity index (χ0v) is 10.5. The number of para-hydroxylation sites is 1. The smallest absolute Gasteiger partial charge is 0.0830 e. The van der Waals surface area contributed by atoms with Crippen LogP contribution in [0.1, 0.15) is 17.2 Å². The van der Waals surface area contributed by atoms with Crippen LogP contribution in [-0.2, 0) is 6.42 Å². The average molecular weight is 249 g/mol. The Balaban J connectivity index is 1.94. The van der Waals surface area contributed by atoms with Crippen molar-refractivity contribution in [3.8, 4) is 0 Å². The summed E-state index contributed by atoms with van der Waals surface area (Å²) in [6.45, 7) is 0. The fraction of sp³-hybridized carbons (Fsp3) is 0.118. The van der Waals surface area contributed by atoms with Gasteiger partial charge < -0.3 is 5.11 Å². The Morgan fingerprint density at radius 3 is 2.47 bits per heavy atom. The minimum atomic E-state index is -0.480. The highest BCUT2D eigenvalue weighted by atomic mass is 16.3. The van der Waals surface area contributed by atoms with Crippen molar-refractivity contribution in [3.63, 3.8) is 0 Å². The molecule has 0 saturated heterocycles. The lowest BCUT2D eigenvalue weighted by Crippen LogP contribution is -2.02. The summed E-state index contributed by atoms with van der Waals surface area (Å²) in [5.74, 6) is 0. The van der Waals surface area contributed by atoms with E-state index in [0.717, 1.165) is 22.0 Å². The van der Waals surface area contributed by atoms with Crippen LogP contribution in [0.25, 0.3) is 10.9 Å². The Morgan fingerprint density at radius 1 is 0.895 bits per heavy atom. The highest BCUT2D eigenvalue weighted by Gasteiger charge is 2.10. The molecule has 2 heteroatoms. The van der Waals surface area contributed by atoms with Gasteiger partial charge in [0, 0.05) is 18.0 Å². The van der Waals surface area contributed by atoms with Gasteiger partial charge in [0.1, 0.15) is 0 Å². The van der Waals surface area contributed by atoms with Gasteiger partial charge in [-0.15, -0.1) is 0 Å². The van der Waals surface area contributed by atoms with E-state index in [1.165, 1.54) is 0 Å². The van der Waals surface area contributed by atoms with Gasteiger partial charge in [0.2, 0.25) is 0 Å². The van der Waals surface area contributed by atoms with Crippen LogP contribution in [0.4, 0.5) is 0 Å². The molecule has 0 bridgehead atoms. The van der Waals surface area contributed by atoms with Crippen molar-refractivity contribution in [2.45, 2.75) is 12.5 Å². The van der Waals surface area contributed by atoms with Gasteiger partial charge in [-0.25, -0.2) is 0 Å². The van der Waals surface area contributed by atoms with Crippen LogP contribution in [-0.4, -0.2) is 10.1 Å². The maximum atomic E-state index is 10.3. The summed E-state index contributed by atoms with van der Waals surface area (Å²) in [7, 11) is 0. The van der Waals surface area contributed by atoms with Gasteiger partial charge >= 0.3 is 0 Å². The predicted molar refractivity (Wildman–Crippen MR) is 76.8 cm³/mol. The second-order valence-electron chi connectivity index (χ2n) is 4.62. The van der Waals surface area contributed by atoms with E-state index in [9.17, 15) is 5.11 Å². The van der Waals surface area contributed by atoms with E-state index in [1.54, 1.807) is 6.20 Å². The van der Waals surface area contributed by atoms with Crippen molar-refractivity contribution in [3.05, 3.63) is 78.0 Å². The normalized spacial score (nSPS) is 12.5. The van der Waals surface area contributed by atoms with Crippen molar-refractivity contribution >= 4 is 10.9 Å². The molecule has 0 amide bonds. The maximum Gasteiger partial charge on any atom is 0.0830 e. The average Bonchev–Trinajstić information content (AvgIpc) is 2.48. The molecule has 3 rings (SSSR count). The van der Waals surface area contributed by atoms with Crippen molar-refractivity contribution in [1.29, 1.82) is 0 Å². The number of hydrogen-bond acceptors (Lipinski definition) is 2. The lowest BCUT2D eigenvalue weighted by molar-refractivity contribution is 0.179. The lowest BCUT2D eigenvalue weighted by Gasteiger charge is -2.12. The Labute approximate surface area is 112 Å². The molecule has 94 valence electrons. The molecule has 0 spiro atoms. The number of rotatable bonds is 3.